The van der Waals surface area contributed by atoms with E-state index in [-0.39, 0.29) is 6.04 Å². The Kier molecular flexibility index (Phi) is 6.90. The maximum absolute atomic E-state index is 12.0. The predicted molar refractivity (Wildman–Crippen MR) is 91.4 cm³/mol. The van der Waals surface area contributed by atoms with Crippen molar-refractivity contribution in [1.29, 1.82) is 5.26 Å². The molecular formula is C18H26N2O4. The predicted octanol–water partition coefficient (Wildman–Crippen LogP) is 3.42. The molecule has 1 aromatic carbocycles. The van der Waals surface area contributed by atoms with E-state index in [1.165, 1.54) is 7.11 Å². The quantitative estimate of drug-likeness (QED) is 0.862. The molecule has 1 aromatic rings. The smallest absolute Gasteiger partial charge is 0.407 e. The van der Waals surface area contributed by atoms with Crippen molar-refractivity contribution < 1.29 is 19.0 Å². The van der Waals surface area contributed by atoms with Gasteiger partial charge in [-0.1, -0.05) is 6.92 Å². The topological polar surface area (TPSA) is 80.6 Å². The molecule has 0 bridgehead atoms. The first-order valence-electron chi connectivity index (χ1n) is 7.88. The maximum Gasteiger partial charge on any atom is 0.407 e. The molecule has 0 aromatic heterocycles. The van der Waals surface area contributed by atoms with Gasteiger partial charge in [0.05, 0.1) is 19.8 Å². The van der Waals surface area contributed by atoms with Crippen molar-refractivity contribution in [3.8, 4) is 17.6 Å². The second kappa shape index (κ2) is 8.44. The van der Waals surface area contributed by atoms with Crippen molar-refractivity contribution in [3.63, 3.8) is 0 Å². The van der Waals surface area contributed by atoms with E-state index in [9.17, 15) is 4.79 Å². The van der Waals surface area contributed by atoms with Crippen LogP contribution in [0.3, 0.4) is 0 Å². The van der Waals surface area contributed by atoms with Crippen LogP contribution in [0.1, 0.15) is 45.2 Å². The van der Waals surface area contributed by atoms with Crippen molar-refractivity contribution >= 4 is 6.09 Å². The minimum absolute atomic E-state index is 0.119. The number of benzene rings is 1. The van der Waals surface area contributed by atoms with Gasteiger partial charge < -0.3 is 19.5 Å². The zero-order chi connectivity index (χ0) is 18.3. The monoisotopic (exact) mass is 334 g/mol. The summed E-state index contributed by atoms with van der Waals surface area (Å²) < 4.78 is 15.9. The molecule has 0 saturated carbocycles. The lowest BCUT2D eigenvalue weighted by Crippen LogP contribution is -2.40. The lowest BCUT2D eigenvalue weighted by Gasteiger charge is -2.23. The van der Waals surface area contributed by atoms with Crippen LogP contribution in [0.4, 0.5) is 4.79 Å². The number of rotatable bonds is 6. The van der Waals surface area contributed by atoms with Gasteiger partial charge in [-0.3, -0.25) is 0 Å². The van der Waals surface area contributed by atoms with Crippen molar-refractivity contribution in [2.24, 2.45) is 0 Å². The van der Waals surface area contributed by atoms with Crippen LogP contribution < -0.4 is 14.8 Å². The van der Waals surface area contributed by atoms with Crippen LogP contribution in [0.2, 0.25) is 0 Å². The third-order valence-corrected chi connectivity index (χ3v) is 3.40. The summed E-state index contributed by atoms with van der Waals surface area (Å²) in [6.45, 7) is 7.45. The number of hydrogen-bond donors (Lipinski definition) is 1. The summed E-state index contributed by atoms with van der Waals surface area (Å²) in [4.78, 5) is 12.0. The summed E-state index contributed by atoms with van der Waals surface area (Å²) in [6, 6.07) is 5.38. The summed E-state index contributed by atoms with van der Waals surface area (Å²) in [5.74, 6) is 1.08. The number of alkyl carbamates (subject to hydrolysis) is 1. The van der Waals surface area contributed by atoms with Crippen molar-refractivity contribution in [3.05, 3.63) is 23.3 Å². The Balaban J connectivity index is 2.96. The SMILES string of the molecule is CCC(Cc1cc(OC)c(C#N)cc1OC)NC(=O)OC(C)(C)C. The standard InChI is InChI=1S/C18H26N2O4/c1-7-14(20-17(21)24-18(2,3)4)8-12-9-16(23-6)13(11-19)10-15(12)22-5/h9-10,14H,7-8H2,1-6H3,(H,20,21). The van der Waals surface area contributed by atoms with Crippen LogP contribution in [-0.2, 0) is 11.2 Å². The number of nitrogens with one attached hydrogen (secondary N) is 1. The summed E-state index contributed by atoms with van der Waals surface area (Å²) >= 11 is 0. The number of carbonyl (C=O) groups is 1. The van der Waals surface area contributed by atoms with Gasteiger partial charge in [0.15, 0.2) is 0 Å². The van der Waals surface area contributed by atoms with E-state index in [4.69, 9.17) is 19.5 Å². The first-order valence-corrected chi connectivity index (χ1v) is 7.88. The number of hydrogen-bond acceptors (Lipinski definition) is 5. The van der Waals surface area contributed by atoms with Crippen LogP contribution in [0, 0.1) is 11.3 Å². The summed E-state index contributed by atoms with van der Waals surface area (Å²) in [5, 5.41) is 12.0. The minimum atomic E-state index is -0.544. The zero-order valence-electron chi connectivity index (χ0n) is 15.2. The highest BCUT2D eigenvalue weighted by Gasteiger charge is 2.20. The molecule has 0 aliphatic heterocycles. The molecule has 0 fully saturated rings. The Labute approximate surface area is 143 Å². The second-order valence-corrected chi connectivity index (χ2v) is 6.43. The van der Waals surface area contributed by atoms with Crippen LogP contribution in [-0.4, -0.2) is 32.0 Å². The van der Waals surface area contributed by atoms with E-state index in [0.717, 1.165) is 12.0 Å². The van der Waals surface area contributed by atoms with Gasteiger partial charge in [-0.05, 0) is 45.2 Å². The third-order valence-electron chi connectivity index (χ3n) is 3.40. The van der Waals surface area contributed by atoms with Gasteiger partial charge in [-0.15, -0.1) is 0 Å². The fraction of sp³-hybridized carbons (Fsp3) is 0.556. The van der Waals surface area contributed by atoms with Crippen molar-refractivity contribution in [2.75, 3.05) is 14.2 Å². The highest BCUT2D eigenvalue weighted by molar-refractivity contribution is 5.68. The average Bonchev–Trinajstić information content (AvgIpc) is 2.51. The number of nitriles is 1. The lowest BCUT2D eigenvalue weighted by molar-refractivity contribution is 0.0502. The fourth-order valence-corrected chi connectivity index (χ4v) is 2.24. The number of methoxy groups -OCH3 is 2. The molecule has 1 unspecified atom stereocenters. The van der Waals surface area contributed by atoms with Gasteiger partial charge in [0.2, 0.25) is 0 Å². The number of amides is 1. The molecule has 0 aliphatic rings. The molecule has 132 valence electrons. The van der Waals surface area contributed by atoms with Crippen molar-refractivity contribution in [2.45, 2.75) is 52.2 Å². The average molecular weight is 334 g/mol. The molecule has 24 heavy (non-hydrogen) atoms. The first-order chi connectivity index (χ1) is 11.2. The second-order valence-electron chi connectivity index (χ2n) is 6.43. The van der Waals surface area contributed by atoms with E-state index in [0.29, 0.717) is 23.5 Å². The highest BCUT2D eigenvalue weighted by Crippen LogP contribution is 2.29. The van der Waals surface area contributed by atoms with E-state index in [2.05, 4.69) is 11.4 Å². The van der Waals surface area contributed by atoms with Crippen LogP contribution in [0.25, 0.3) is 0 Å². The van der Waals surface area contributed by atoms with Gasteiger partial charge in [-0.2, -0.15) is 5.26 Å². The first kappa shape index (κ1) is 19.6. The molecule has 0 radical (unpaired) electrons. The maximum atomic E-state index is 12.0. The normalized spacial score (nSPS) is 12.0. The molecule has 1 amide bonds. The van der Waals surface area contributed by atoms with Gasteiger partial charge in [0.1, 0.15) is 23.2 Å². The van der Waals surface area contributed by atoms with Gasteiger partial charge in [0.25, 0.3) is 0 Å². The Bertz CT molecular complexity index is 615. The summed E-state index contributed by atoms with van der Waals surface area (Å²) in [5.41, 5.74) is 0.722. The Morgan fingerprint density at radius 1 is 1.25 bits per heavy atom. The Morgan fingerprint density at radius 3 is 2.33 bits per heavy atom. The number of ether oxygens (including phenoxy) is 3. The fourth-order valence-electron chi connectivity index (χ4n) is 2.24. The van der Waals surface area contributed by atoms with Crippen LogP contribution >= 0.6 is 0 Å². The van der Waals surface area contributed by atoms with E-state index >= 15 is 0 Å². The Morgan fingerprint density at radius 2 is 1.88 bits per heavy atom. The largest absolute Gasteiger partial charge is 0.496 e. The molecule has 6 nitrogen and oxygen atoms in total. The zero-order valence-corrected chi connectivity index (χ0v) is 15.2. The van der Waals surface area contributed by atoms with Gasteiger partial charge in [0, 0.05) is 12.1 Å². The minimum Gasteiger partial charge on any atom is -0.496 e. The highest BCUT2D eigenvalue weighted by atomic mass is 16.6. The molecule has 0 spiro atoms. The molecule has 0 aliphatic carbocycles. The van der Waals surface area contributed by atoms with E-state index in [1.807, 2.05) is 27.7 Å². The van der Waals surface area contributed by atoms with Gasteiger partial charge in [-0.25, -0.2) is 4.79 Å². The molecule has 1 rings (SSSR count). The van der Waals surface area contributed by atoms with E-state index < -0.39 is 11.7 Å². The summed E-state index contributed by atoms with van der Waals surface area (Å²) in [7, 11) is 3.07. The molecule has 6 heteroatoms. The third kappa shape index (κ3) is 5.65. The molecule has 0 saturated heterocycles. The summed E-state index contributed by atoms with van der Waals surface area (Å²) in [6.07, 6.45) is 0.819. The molecular weight excluding hydrogens is 308 g/mol. The Hall–Kier alpha value is -2.42. The van der Waals surface area contributed by atoms with Crippen LogP contribution in [0.5, 0.6) is 11.5 Å². The molecule has 1 N–H and O–H groups in total. The number of carbonyl (C=O) groups excluding carboxylic acids is 1. The van der Waals surface area contributed by atoms with E-state index in [1.54, 1.807) is 19.2 Å². The lowest BCUT2D eigenvalue weighted by atomic mass is 10.0. The van der Waals surface area contributed by atoms with Crippen molar-refractivity contribution in [1.82, 2.24) is 5.32 Å². The van der Waals surface area contributed by atoms with Crippen LogP contribution in [0.15, 0.2) is 12.1 Å². The number of nitrogens with zero attached hydrogens (tertiary/aromatic N) is 1. The molecule has 1 atom stereocenters. The van der Waals surface area contributed by atoms with Gasteiger partial charge >= 0.3 is 6.09 Å². The molecule has 0 heterocycles.